The SMILES string of the molecule is [2H]C([2H])(Cl)c1cncnc1-n1ccnc1C(C)C. The van der Waals surface area contributed by atoms with Crippen LogP contribution >= 0.6 is 11.6 Å². The molecule has 0 saturated carbocycles. The summed E-state index contributed by atoms with van der Waals surface area (Å²) in [5.74, 6) is -0.596. The molecule has 2 heterocycles. The van der Waals surface area contributed by atoms with E-state index in [1.54, 1.807) is 17.0 Å². The maximum absolute atomic E-state index is 7.61. The van der Waals surface area contributed by atoms with Crippen molar-refractivity contribution in [2.45, 2.75) is 25.6 Å². The van der Waals surface area contributed by atoms with E-state index >= 15 is 0 Å². The van der Waals surface area contributed by atoms with Crippen molar-refractivity contribution in [3.63, 3.8) is 0 Å². The Morgan fingerprint density at radius 2 is 2.31 bits per heavy atom. The Morgan fingerprint density at radius 1 is 1.50 bits per heavy atom. The number of alkyl halides is 1. The lowest BCUT2D eigenvalue weighted by molar-refractivity contribution is 0.739. The maximum Gasteiger partial charge on any atom is 0.145 e. The Morgan fingerprint density at radius 3 is 3.00 bits per heavy atom. The quantitative estimate of drug-likeness (QED) is 0.772. The number of nitrogens with zero attached hydrogens (tertiary/aromatic N) is 4. The fourth-order valence-electron chi connectivity index (χ4n) is 1.50. The molecule has 2 rings (SSSR count). The summed E-state index contributed by atoms with van der Waals surface area (Å²) < 4.78 is 17.0. The lowest BCUT2D eigenvalue weighted by atomic mass is 10.2. The van der Waals surface area contributed by atoms with Crippen molar-refractivity contribution in [2.75, 3.05) is 0 Å². The van der Waals surface area contributed by atoms with Crippen LogP contribution in [0.4, 0.5) is 0 Å². The summed E-state index contributed by atoms with van der Waals surface area (Å²) in [5, 5.41) is 0. The Bertz CT molecular complexity index is 548. The second kappa shape index (κ2) is 4.61. The number of hydrogen-bond acceptors (Lipinski definition) is 3. The van der Waals surface area contributed by atoms with Gasteiger partial charge in [-0.15, -0.1) is 11.6 Å². The fraction of sp³-hybridized carbons (Fsp3) is 0.364. The topological polar surface area (TPSA) is 43.6 Å². The second-order valence-electron chi connectivity index (χ2n) is 3.66. The Kier molecular flexibility index (Phi) is 2.51. The molecule has 0 aromatic carbocycles. The molecule has 0 unspecified atom stereocenters. The lowest BCUT2D eigenvalue weighted by Gasteiger charge is -2.11. The molecule has 0 aliphatic carbocycles. The van der Waals surface area contributed by atoms with Crippen molar-refractivity contribution >= 4 is 11.6 Å². The van der Waals surface area contributed by atoms with Gasteiger partial charge < -0.3 is 0 Å². The molecule has 0 bridgehead atoms. The molecule has 4 nitrogen and oxygen atoms in total. The van der Waals surface area contributed by atoms with E-state index in [4.69, 9.17) is 14.3 Å². The average Bonchev–Trinajstić information content (AvgIpc) is 2.76. The van der Waals surface area contributed by atoms with E-state index in [-0.39, 0.29) is 11.5 Å². The normalized spacial score (nSPS) is 13.8. The highest BCUT2D eigenvalue weighted by molar-refractivity contribution is 6.17. The monoisotopic (exact) mass is 238 g/mol. The van der Waals surface area contributed by atoms with Crippen LogP contribution < -0.4 is 0 Å². The second-order valence-corrected chi connectivity index (χ2v) is 3.85. The van der Waals surface area contributed by atoms with Crippen LogP contribution in [-0.2, 0) is 5.83 Å². The molecule has 0 saturated heterocycles. The van der Waals surface area contributed by atoms with Crippen LogP contribution in [0.15, 0.2) is 24.9 Å². The Labute approximate surface area is 102 Å². The van der Waals surface area contributed by atoms with Gasteiger partial charge in [0.25, 0.3) is 0 Å². The van der Waals surface area contributed by atoms with Crippen LogP contribution in [-0.4, -0.2) is 19.5 Å². The fourth-order valence-corrected chi connectivity index (χ4v) is 1.64. The van der Waals surface area contributed by atoms with Gasteiger partial charge >= 0.3 is 0 Å². The van der Waals surface area contributed by atoms with E-state index in [0.29, 0.717) is 5.82 Å². The molecule has 0 atom stereocenters. The highest BCUT2D eigenvalue weighted by Crippen LogP contribution is 2.19. The standard InChI is InChI=1S/C11H13ClN4/c1-8(2)10-14-3-4-16(10)11-9(5-12)6-13-7-15-11/h3-4,6-8H,5H2,1-2H3/i5D2. The summed E-state index contributed by atoms with van der Waals surface area (Å²) >= 11 is 5.73. The molecule has 16 heavy (non-hydrogen) atoms. The molecule has 2 aromatic heterocycles. The van der Waals surface area contributed by atoms with Gasteiger partial charge in [0.05, 0.1) is 5.83 Å². The third-order valence-electron chi connectivity index (χ3n) is 2.21. The summed E-state index contributed by atoms with van der Waals surface area (Å²) in [4.78, 5) is 12.2. The number of halogens is 1. The van der Waals surface area contributed by atoms with Crippen LogP contribution in [0, 0.1) is 0 Å². The molecule has 2 aromatic rings. The molecule has 5 heteroatoms. The van der Waals surface area contributed by atoms with E-state index in [1.807, 2.05) is 13.8 Å². The minimum absolute atomic E-state index is 0.198. The van der Waals surface area contributed by atoms with E-state index in [1.165, 1.54) is 12.5 Å². The zero-order valence-electron chi connectivity index (χ0n) is 11.1. The number of rotatable bonds is 3. The van der Waals surface area contributed by atoms with Crippen LogP contribution in [0.5, 0.6) is 0 Å². The first-order valence-corrected chi connectivity index (χ1v) is 5.32. The van der Waals surface area contributed by atoms with Gasteiger partial charge in [0, 0.05) is 32.8 Å². The van der Waals surface area contributed by atoms with Gasteiger partial charge in [0.2, 0.25) is 0 Å². The molecule has 0 fully saturated rings. The minimum atomic E-state index is -2.02. The number of hydrogen-bond donors (Lipinski definition) is 0. The summed E-state index contributed by atoms with van der Waals surface area (Å²) in [6.07, 6.45) is 6.15. The number of aromatic nitrogens is 4. The zero-order chi connectivity index (χ0) is 13.3. The van der Waals surface area contributed by atoms with Gasteiger partial charge in [0.1, 0.15) is 18.0 Å². The summed E-state index contributed by atoms with van der Waals surface area (Å²) in [6, 6.07) is 0. The first-order valence-electron chi connectivity index (χ1n) is 5.94. The maximum atomic E-state index is 7.61. The van der Waals surface area contributed by atoms with Crippen LogP contribution in [0.1, 0.15) is 33.9 Å². The van der Waals surface area contributed by atoms with Crippen molar-refractivity contribution in [1.82, 2.24) is 19.5 Å². The molecule has 0 spiro atoms. The smallest absolute Gasteiger partial charge is 0.145 e. The van der Waals surface area contributed by atoms with Gasteiger partial charge in [-0.2, -0.15) is 0 Å². The number of imidazole rings is 1. The van der Waals surface area contributed by atoms with Crippen molar-refractivity contribution in [2.24, 2.45) is 0 Å². The van der Waals surface area contributed by atoms with Crippen LogP contribution in [0.3, 0.4) is 0 Å². The van der Waals surface area contributed by atoms with Crippen molar-refractivity contribution < 1.29 is 2.74 Å². The summed E-state index contributed by atoms with van der Waals surface area (Å²) in [5.41, 5.74) is 0.228. The molecular weight excluding hydrogens is 224 g/mol. The molecule has 0 aliphatic rings. The van der Waals surface area contributed by atoms with Gasteiger partial charge in [-0.05, 0) is 0 Å². The Hall–Kier alpha value is -1.42. The third kappa shape index (κ3) is 1.93. The van der Waals surface area contributed by atoms with E-state index < -0.39 is 5.83 Å². The molecule has 0 N–H and O–H groups in total. The predicted molar refractivity (Wildman–Crippen MR) is 62.8 cm³/mol. The summed E-state index contributed by atoms with van der Waals surface area (Å²) in [7, 11) is 0. The van der Waals surface area contributed by atoms with Crippen molar-refractivity contribution in [3.05, 3.63) is 36.3 Å². The van der Waals surface area contributed by atoms with Crippen molar-refractivity contribution in [1.29, 1.82) is 0 Å². The Balaban J connectivity index is 2.61. The van der Waals surface area contributed by atoms with E-state index in [2.05, 4.69) is 15.0 Å². The van der Waals surface area contributed by atoms with Gasteiger partial charge in [-0.25, -0.2) is 15.0 Å². The highest BCUT2D eigenvalue weighted by atomic mass is 35.5. The van der Waals surface area contributed by atoms with E-state index in [0.717, 1.165) is 5.82 Å². The van der Waals surface area contributed by atoms with Gasteiger partial charge in [-0.1, -0.05) is 13.8 Å². The molecular formula is C11H13ClN4. The largest absolute Gasteiger partial charge is 0.287 e. The van der Waals surface area contributed by atoms with E-state index in [9.17, 15) is 0 Å². The molecule has 84 valence electrons. The summed E-state index contributed by atoms with van der Waals surface area (Å²) in [6.45, 7) is 4.02. The molecule has 0 amide bonds. The average molecular weight is 239 g/mol. The third-order valence-corrected chi connectivity index (χ3v) is 2.41. The van der Waals surface area contributed by atoms with Crippen molar-refractivity contribution in [3.8, 4) is 5.82 Å². The predicted octanol–water partition coefficient (Wildman–Crippen LogP) is 2.52. The first kappa shape index (κ1) is 8.70. The molecule has 0 aliphatic heterocycles. The van der Waals surface area contributed by atoms with Gasteiger partial charge in [0.15, 0.2) is 0 Å². The first-order chi connectivity index (χ1) is 8.41. The minimum Gasteiger partial charge on any atom is -0.287 e. The highest BCUT2D eigenvalue weighted by Gasteiger charge is 2.12. The zero-order valence-corrected chi connectivity index (χ0v) is 9.81. The van der Waals surface area contributed by atoms with Crippen LogP contribution in [0.2, 0.25) is 0 Å². The van der Waals surface area contributed by atoms with Crippen LogP contribution in [0.25, 0.3) is 5.82 Å². The van der Waals surface area contributed by atoms with Gasteiger partial charge in [-0.3, -0.25) is 4.57 Å². The molecule has 0 radical (unpaired) electrons. The lowest BCUT2D eigenvalue weighted by Crippen LogP contribution is -2.07.